The molecule has 0 spiro atoms. The van der Waals surface area contributed by atoms with E-state index < -0.39 is 6.10 Å². The standard InChI is InChI=1S/C12H12ClN3O3/c1-16-9(6-14-15-16)11(17)7-4-8(13)12-10(5-7)18-2-3-19-12/h4-6,11,17H,2-3H2,1H3. The molecule has 0 saturated heterocycles. The average Bonchev–Trinajstić information content (AvgIpc) is 2.84. The molecule has 0 radical (unpaired) electrons. The lowest BCUT2D eigenvalue weighted by atomic mass is 10.1. The molecule has 1 atom stereocenters. The number of aliphatic hydroxyl groups excluding tert-OH is 1. The summed E-state index contributed by atoms with van der Waals surface area (Å²) in [6, 6.07) is 3.38. The van der Waals surface area contributed by atoms with Crippen LogP contribution in [-0.4, -0.2) is 33.3 Å². The molecule has 0 bridgehead atoms. The molecule has 0 amide bonds. The molecule has 1 aliphatic rings. The molecule has 1 aliphatic heterocycles. The number of hydrogen-bond donors (Lipinski definition) is 1. The summed E-state index contributed by atoms with van der Waals surface area (Å²) in [6.07, 6.45) is 0.642. The summed E-state index contributed by atoms with van der Waals surface area (Å²) in [4.78, 5) is 0. The summed E-state index contributed by atoms with van der Waals surface area (Å²) in [6.45, 7) is 0.941. The Hall–Kier alpha value is -1.79. The minimum atomic E-state index is -0.867. The SMILES string of the molecule is Cn1nncc1C(O)c1cc(Cl)c2c(c1)OCCO2. The second-order valence-corrected chi connectivity index (χ2v) is 4.62. The highest BCUT2D eigenvalue weighted by molar-refractivity contribution is 6.32. The van der Waals surface area contributed by atoms with Gasteiger partial charge in [-0.25, -0.2) is 4.68 Å². The summed E-state index contributed by atoms with van der Waals surface area (Å²) in [5, 5.41) is 18.3. The van der Waals surface area contributed by atoms with Crippen molar-refractivity contribution in [1.29, 1.82) is 0 Å². The lowest BCUT2D eigenvalue weighted by Gasteiger charge is -2.21. The second-order valence-electron chi connectivity index (χ2n) is 4.21. The number of hydrogen-bond acceptors (Lipinski definition) is 5. The van der Waals surface area contributed by atoms with E-state index in [1.807, 2.05) is 0 Å². The predicted octanol–water partition coefficient (Wildman–Crippen LogP) is 1.32. The van der Waals surface area contributed by atoms with E-state index in [2.05, 4.69) is 10.3 Å². The van der Waals surface area contributed by atoms with E-state index in [4.69, 9.17) is 21.1 Å². The molecule has 1 aromatic heterocycles. The summed E-state index contributed by atoms with van der Waals surface area (Å²) < 4.78 is 12.4. The van der Waals surface area contributed by atoms with Crippen LogP contribution in [-0.2, 0) is 7.05 Å². The van der Waals surface area contributed by atoms with Crippen molar-refractivity contribution in [3.05, 3.63) is 34.6 Å². The van der Waals surface area contributed by atoms with Crippen LogP contribution in [0.25, 0.3) is 0 Å². The van der Waals surface area contributed by atoms with Gasteiger partial charge in [0.1, 0.15) is 19.3 Å². The maximum Gasteiger partial charge on any atom is 0.179 e. The van der Waals surface area contributed by atoms with Gasteiger partial charge in [0.05, 0.1) is 16.9 Å². The van der Waals surface area contributed by atoms with E-state index in [0.29, 0.717) is 41.0 Å². The molecule has 0 fully saturated rings. The van der Waals surface area contributed by atoms with Crippen molar-refractivity contribution >= 4 is 11.6 Å². The number of aliphatic hydroxyl groups is 1. The highest BCUT2D eigenvalue weighted by Crippen LogP contribution is 2.40. The van der Waals surface area contributed by atoms with E-state index in [-0.39, 0.29) is 0 Å². The fourth-order valence-corrected chi connectivity index (χ4v) is 2.28. The first-order valence-electron chi connectivity index (χ1n) is 5.78. The molecule has 1 N–H and O–H groups in total. The zero-order chi connectivity index (χ0) is 13.4. The number of aromatic nitrogens is 3. The Kier molecular flexibility index (Phi) is 3.04. The summed E-state index contributed by atoms with van der Waals surface area (Å²) in [5.41, 5.74) is 1.19. The van der Waals surface area contributed by atoms with E-state index in [1.54, 1.807) is 19.2 Å². The van der Waals surface area contributed by atoms with E-state index >= 15 is 0 Å². The molecular weight excluding hydrogens is 270 g/mol. The normalized spacial score (nSPS) is 15.3. The first-order chi connectivity index (χ1) is 9.16. The monoisotopic (exact) mass is 281 g/mol. The number of fused-ring (bicyclic) bond motifs is 1. The van der Waals surface area contributed by atoms with Crippen LogP contribution in [0.3, 0.4) is 0 Å². The lowest BCUT2D eigenvalue weighted by Crippen LogP contribution is -2.16. The third-order valence-corrected chi connectivity index (χ3v) is 3.25. The summed E-state index contributed by atoms with van der Waals surface area (Å²) >= 11 is 6.14. The number of benzene rings is 1. The highest BCUT2D eigenvalue weighted by Gasteiger charge is 2.21. The van der Waals surface area contributed by atoms with E-state index in [0.717, 1.165) is 0 Å². The zero-order valence-electron chi connectivity index (χ0n) is 10.2. The molecule has 1 unspecified atom stereocenters. The number of aryl methyl sites for hydroxylation is 1. The summed E-state index contributed by atoms with van der Waals surface area (Å²) in [7, 11) is 1.71. The van der Waals surface area contributed by atoms with Crippen LogP contribution < -0.4 is 9.47 Å². The van der Waals surface area contributed by atoms with Gasteiger partial charge in [0, 0.05) is 7.05 Å². The van der Waals surface area contributed by atoms with Crippen molar-refractivity contribution in [2.75, 3.05) is 13.2 Å². The molecule has 100 valence electrons. The average molecular weight is 282 g/mol. The Labute approximate surface area is 114 Å². The molecule has 2 aromatic rings. The van der Waals surface area contributed by atoms with Gasteiger partial charge in [-0.2, -0.15) is 0 Å². The molecule has 0 saturated carbocycles. The Morgan fingerprint density at radius 1 is 1.37 bits per heavy atom. The predicted molar refractivity (Wildman–Crippen MR) is 67.5 cm³/mol. The molecule has 6 nitrogen and oxygen atoms in total. The van der Waals surface area contributed by atoms with Crippen molar-refractivity contribution in [3.8, 4) is 11.5 Å². The van der Waals surface area contributed by atoms with Gasteiger partial charge in [-0.3, -0.25) is 0 Å². The molecule has 7 heteroatoms. The van der Waals surface area contributed by atoms with Crippen LogP contribution in [0.5, 0.6) is 11.5 Å². The minimum absolute atomic E-state index is 0.418. The molecule has 2 heterocycles. The molecular formula is C12H12ClN3O3. The van der Waals surface area contributed by atoms with Gasteiger partial charge in [0.25, 0.3) is 0 Å². The number of nitrogens with zero attached hydrogens (tertiary/aromatic N) is 3. The van der Waals surface area contributed by atoms with Gasteiger partial charge in [-0.15, -0.1) is 5.10 Å². The number of rotatable bonds is 2. The first kappa shape index (κ1) is 12.3. The Morgan fingerprint density at radius 2 is 2.16 bits per heavy atom. The van der Waals surface area contributed by atoms with Gasteiger partial charge in [0.15, 0.2) is 11.5 Å². The van der Waals surface area contributed by atoms with Crippen molar-refractivity contribution < 1.29 is 14.6 Å². The largest absolute Gasteiger partial charge is 0.486 e. The first-order valence-corrected chi connectivity index (χ1v) is 6.16. The molecule has 19 heavy (non-hydrogen) atoms. The molecule has 3 rings (SSSR count). The topological polar surface area (TPSA) is 69.4 Å². The van der Waals surface area contributed by atoms with Gasteiger partial charge < -0.3 is 14.6 Å². The van der Waals surface area contributed by atoms with Crippen molar-refractivity contribution in [1.82, 2.24) is 15.0 Å². The molecule has 0 aliphatic carbocycles. The summed E-state index contributed by atoms with van der Waals surface area (Å²) in [5.74, 6) is 1.06. The zero-order valence-corrected chi connectivity index (χ0v) is 11.0. The van der Waals surface area contributed by atoms with Crippen molar-refractivity contribution in [2.45, 2.75) is 6.10 Å². The van der Waals surface area contributed by atoms with Crippen molar-refractivity contribution in [2.24, 2.45) is 7.05 Å². The molecule has 1 aromatic carbocycles. The van der Waals surface area contributed by atoms with Gasteiger partial charge in [0.2, 0.25) is 0 Å². The van der Waals surface area contributed by atoms with Crippen LogP contribution in [0.15, 0.2) is 18.3 Å². The third-order valence-electron chi connectivity index (χ3n) is 2.96. The number of halogens is 1. The van der Waals surface area contributed by atoms with Crippen LogP contribution >= 0.6 is 11.6 Å². The Morgan fingerprint density at radius 3 is 2.89 bits per heavy atom. The lowest BCUT2D eigenvalue weighted by molar-refractivity contribution is 0.169. The Balaban J connectivity index is 2.02. The van der Waals surface area contributed by atoms with Gasteiger partial charge in [-0.05, 0) is 17.7 Å². The van der Waals surface area contributed by atoms with Gasteiger partial charge >= 0.3 is 0 Å². The highest BCUT2D eigenvalue weighted by atomic mass is 35.5. The van der Waals surface area contributed by atoms with Crippen LogP contribution in [0.2, 0.25) is 5.02 Å². The van der Waals surface area contributed by atoms with Crippen LogP contribution in [0.4, 0.5) is 0 Å². The Bertz CT molecular complexity index is 614. The fourth-order valence-electron chi connectivity index (χ4n) is 2.00. The smallest absolute Gasteiger partial charge is 0.179 e. The van der Waals surface area contributed by atoms with Gasteiger partial charge in [-0.1, -0.05) is 16.8 Å². The minimum Gasteiger partial charge on any atom is -0.486 e. The van der Waals surface area contributed by atoms with Crippen LogP contribution in [0, 0.1) is 0 Å². The fraction of sp³-hybridized carbons (Fsp3) is 0.333. The van der Waals surface area contributed by atoms with E-state index in [9.17, 15) is 5.11 Å². The van der Waals surface area contributed by atoms with E-state index in [1.165, 1.54) is 10.9 Å². The number of ether oxygens (including phenoxy) is 2. The van der Waals surface area contributed by atoms with Crippen molar-refractivity contribution in [3.63, 3.8) is 0 Å². The second kappa shape index (κ2) is 4.71. The van der Waals surface area contributed by atoms with Crippen LogP contribution in [0.1, 0.15) is 17.4 Å². The third kappa shape index (κ3) is 2.13. The maximum atomic E-state index is 10.3. The maximum absolute atomic E-state index is 10.3. The quantitative estimate of drug-likeness (QED) is 0.899.